The summed E-state index contributed by atoms with van der Waals surface area (Å²) < 4.78 is 0. The lowest BCUT2D eigenvalue weighted by Crippen LogP contribution is -2.53. The van der Waals surface area contributed by atoms with Gasteiger partial charge in [0.15, 0.2) is 0 Å². The second kappa shape index (κ2) is 4.06. The van der Waals surface area contributed by atoms with Crippen molar-refractivity contribution in [3.8, 4) is 0 Å². The monoisotopic (exact) mass is 208 g/mol. The Labute approximate surface area is 93.6 Å². The Kier molecular flexibility index (Phi) is 2.73. The van der Waals surface area contributed by atoms with E-state index in [1.165, 1.54) is 58.3 Å². The minimum atomic E-state index is 0.909. The zero-order valence-electron chi connectivity index (χ0n) is 9.99. The molecule has 2 saturated heterocycles. The van der Waals surface area contributed by atoms with Crippen LogP contribution in [0.2, 0.25) is 0 Å². The van der Waals surface area contributed by atoms with E-state index in [1.807, 2.05) is 0 Å². The number of nitrogens with zero attached hydrogens (tertiary/aromatic N) is 2. The van der Waals surface area contributed by atoms with Crippen molar-refractivity contribution in [1.82, 2.24) is 9.80 Å². The van der Waals surface area contributed by atoms with Crippen LogP contribution in [0, 0.1) is 5.92 Å². The first-order valence-electron chi connectivity index (χ1n) is 6.82. The molecular formula is C13H24N2. The van der Waals surface area contributed by atoms with Crippen molar-refractivity contribution in [2.45, 2.75) is 51.1 Å². The molecule has 0 amide bonds. The maximum atomic E-state index is 2.81. The first-order valence-corrected chi connectivity index (χ1v) is 6.82. The van der Waals surface area contributed by atoms with E-state index in [-0.39, 0.29) is 0 Å². The van der Waals surface area contributed by atoms with Gasteiger partial charge in [-0.1, -0.05) is 13.3 Å². The molecule has 0 spiro atoms. The van der Waals surface area contributed by atoms with Gasteiger partial charge in [-0.2, -0.15) is 0 Å². The van der Waals surface area contributed by atoms with Gasteiger partial charge in [0.2, 0.25) is 0 Å². The van der Waals surface area contributed by atoms with Crippen LogP contribution in [-0.4, -0.2) is 48.1 Å². The molecule has 3 unspecified atom stereocenters. The van der Waals surface area contributed by atoms with Crippen LogP contribution in [-0.2, 0) is 0 Å². The fraction of sp³-hybridized carbons (Fsp3) is 1.00. The summed E-state index contributed by atoms with van der Waals surface area (Å²) >= 11 is 0. The Balaban J connectivity index is 1.63. The molecule has 2 nitrogen and oxygen atoms in total. The first-order chi connectivity index (χ1) is 7.34. The second-order valence-corrected chi connectivity index (χ2v) is 5.80. The van der Waals surface area contributed by atoms with Crippen LogP contribution in [0.4, 0.5) is 0 Å². The quantitative estimate of drug-likeness (QED) is 0.650. The molecule has 0 aromatic rings. The summed E-state index contributed by atoms with van der Waals surface area (Å²) in [5, 5.41) is 0. The minimum Gasteiger partial charge on any atom is -0.298 e. The molecule has 2 heterocycles. The largest absolute Gasteiger partial charge is 0.298 e. The third kappa shape index (κ3) is 1.83. The summed E-state index contributed by atoms with van der Waals surface area (Å²) in [6.07, 6.45) is 7.30. The molecule has 0 radical (unpaired) electrons. The van der Waals surface area contributed by atoms with E-state index >= 15 is 0 Å². The van der Waals surface area contributed by atoms with Crippen molar-refractivity contribution in [1.29, 1.82) is 0 Å². The predicted octanol–water partition coefficient (Wildman–Crippen LogP) is 1.96. The van der Waals surface area contributed by atoms with Gasteiger partial charge in [0, 0.05) is 31.7 Å². The van der Waals surface area contributed by atoms with Gasteiger partial charge in [-0.05, 0) is 38.1 Å². The molecular weight excluding hydrogens is 184 g/mol. The zero-order chi connectivity index (χ0) is 10.3. The fourth-order valence-corrected chi connectivity index (χ4v) is 3.98. The van der Waals surface area contributed by atoms with E-state index < -0.39 is 0 Å². The molecule has 3 rings (SSSR count). The molecule has 0 aromatic carbocycles. The molecule has 0 bridgehead atoms. The number of rotatable bonds is 1. The first kappa shape index (κ1) is 10.1. The van der Waals surface area contributed by atoms with Crippen molar-refractivity contribution >= 4 is 0 Å². The van der Waals surface area contributed by atoms with Crippen LogP contribution in [0.1, 0.15) is 39.0 Å². The summed E-state index contributed by atoms with van der Waals surface area (Å²) in [6.45, 7) is 7.88. The molecule has 0 aromatic heterocycles. The van der Waals surface area contributed by atoms with Crippen LogP contribution in [0.3, 0.4) is 0 Å². The normalized spacial score (nSPS) is 43.4. The second-order valence-electron chi connectivity index (χ2n) is 5.80. The van der Waals surface area contributed by atoms with Crippen LogP contribution in [0.15, 0.2) is 0 Å². The highest BCUT2D eigenvalue weighted by molar-refractivity contribution is 4.92. The molecule has 2 heteroatoms. The molecule has 3 fully saturated rings. The highest BCUT2D eigenvalue weighted by Crippen LogP contribution is 2.32. The summed E-state index contributed by atoms with van der Waals surface area (Å²) in [5.74, 6) is 0.956. The van der Waals surface area contributed by atoms with Crippen LogP contribution in [0.25, 0.3) is 0 Å². The average Bonchev–Trinajstić information content (AvgIpc) is 2.84. The maximum absolute atomic E-state index is 2.81. The molecule has 2 aliphatic heterocycles. The Morgan fingerprint density at radius 1 is 0.867 bits per heavy atom. The third-order valence-corrected chi connectivity index (χ3v) is 4.90. The standard InChI is InChI=1S/C13H24N2/c1-11-4-2-6-13(11)15-9-8-14-7-3-5-12(14)10-15/h11-13H,2-10H2,1H3. The Morgan fingerprint density at radius 3 is 2.53 bits per heavy atom. The fourth-order valence-electron chi connectivity index (χ4n) is 3.98. The smallest absolute Gasteiger partial charge is 0.0224 e. The minimum absolute atomic E-state index is 0.909. The Morgan fingerprint density at radius 2 is 1.73 bits per heavy atom. The topological polar surface area (TPSA) is 6.48 Å². The summed E-state index contributed by atoms with van der Waals surface area (Å²) in [7, 11) is 0. The van der Waals surface area contributed by atoms with Gasteiger partial charge in [0.25, 0.3) is 0 Å². The van der Waals surface area contributed by atoms with Crippen molar-refractivity contribution in [2.75, 3.05) is 26.2 Å². The Bertz CT molecular complexity index is 229. The molecule has 3 atom stereocenters. The lowest BCUT2D eigenvalue weighted by atomic mass is 10.0. The number of hydrogen-bond donors (Lipinski definition) is 0. The van der Waals surface area contributed by atoms with Crippen molar-refractivity contribution in [2.24, 2.45) is 5.92 Å². The molecule has 3 aliphatic rings. The van der Waals surface area contributed by atoms with Crippen molar-refractivity contribution < 1.29 is 0 Å². The van der Waals surface area contributed by atoms with Gasteiger partial charge in [-0.3, -0.25) is 9.80 Å². The molecule has 1 saturated carbocycles. The van der Waals surface area contributed by atoms with E-state index in [0.717, 1.165) is 18.0 Å². The van der Waals surface area contributed by atoms with Crippen molar-refractivity contribution in [3.63, 3.8) is 0 Å². The van der Waals surface area contributed by atoms with Crippen LogP contribution in [0.5, 0.6) is 0 Å². The highest BCUT2D eigenvalue weighted by atomic mass is 15.3. The van der Waals surface area contributed by atoms with Gasteiger partial charge < -0.3 is 0 Å². The van der Waals surface area contributed by atoms with Crippen molar-refractivity contribution in [3.05, 3.63) is 0 Å². The lowest BCUT2D eigenvalue weighted by molar-refractivity contribution is 0.0602. The number of hydrogen-bond acceptors (Lipinski definition) is 2. The molecule has 86 valence electrons. The highest BCUT2D eigenvalue weighted by Gasteiger charge is 2.36. The van der Waals surface area contributed by atoms with Gasteiger partial charge >= 0.3 is 0 Å². The predicted molar refractivity (Wildman–Crippen MR) is 63.0 cm³/mol. The van der Waals surface area contributed by atoms with Gasteiger partial charge in [0.05, 0.1) is 0 Å². The van der Waals surface area contributed by atoms with E-state index in [0.29, 0.717) is 0 Å². The van der Waals surface area contributed by atoms with E-state index in [2.05, 4.69) is 16.7 Å². The SMILES string of the molecule is CC1CCCC1N1CCN2CCCC2C1. The van der Waals surface area contributed by atoms with Crippen LogP contribution < -0.4 is 0 Å². The number of piperazine rings is 1. The summed E-state index contributed by atoms with van der Waals surface area (Å²) in [5.41, 5.74) is 0. The number of fused-ring (bicyclic) bond motifs is 1. The average molecular weight is 208 g/mol. The maximum Gasteiger partial charge on any atom is 0.0224 e. The zero-order valence-corrected chi connectivity index (χ0v) is 9.99. The summed E-state index contributed by atoms with van der Waals surface area (Å²) in [4.78, 5) is 5.53. The van der Waals surface area contributed by atoms with Gasteiger partial charge in [-0.15, -0.1) is 0 Å². The van der Waals surface area contributed by atoms with Crippen LogP contribution >= 0.6 is 0 Å². The van der Waals surface area contributed by atoms with E-state index in [4.69, 9.17) is 0 Å². The van der Waals surface area contributed by atoms with Gasteiger partial charge in [-0.25, -0.2) is 0 Å². The van der Waals surface area contributed by atoms with Gasteiger partial charge in [0.1, 0.15) is 0 Å². The van der Waals surface area contributed by atoms with E-state index in [1.54, 1.807) is 0 Å². The third-order valence-electron chi connectivity index (χ3n) is 4.90. The lowest BCUT2D eigenvalue weighted by Gasteiger charge is -2.41. The molecule has 1 aliphatic carbocycles. The molecule has 15 heavy (non-hydrogen) atoms. The molecule has 0 N–H and O–H groups in total. The summed E-state index contributed by atoms with van der Waals surface area (Å²) in [6, 6.07) is 1.83. The van der Waals surface area contributed by atoms with E-state index in [9.17, 15) is 0 Å². The Hall–Kier alpha value is -0.0800.